The first-order valence-electron chi connectivity index (χ1n) is 4.72. The first-order valence-corrected chi connectivity index (χ1v) is 6.54. The molecule has 0 aromatic heterocycles. The van der Waals surface area contributed by atoms with Crippen molar-refractivity contribution in [3.05, 3.63) is 0 Å². The Morgan fingerprint density at radius 2 is 2.21 bits per heavy atom. The first kappa shape index (κ1) is 11.3. The largest absolute Gasteiger partial charge is 0.299 e. The summed E-state index contributed by atoms with van der Waals surface area (Å²) in [6.45, 7) is 0. The molecule has 0 aromatic rings. The Morgan fingerprint density at radius 3 is 2.71 bits per heavy atom. The molecule has 1 rings (SSSR count). The predicted octanol–water partition coefficient (Wildman–Crippen LogP) is 0.794. The van der Waals surface area contributed by atoms with Crippen molar-refractivity contribution in [2.45, 2.75) is 25.7 Å². The fourth-order valence-corrected chi connectivity index (χ4v) is 3.39. The van der Waals surface area contributed by atoms with E-state index in [1.807, 2.05) is 0 Å². The number of unbranched alkanes of at least 4 members (excludes halogenated alkanes) is 1. The summed E-state index contributed by atoms with van der Waals surface area (Å²) in [5, 5.41) is 0. The molecule has 0 aliphatic carbocycles. The summed E-state index contributed by atoms with van der Waals surface area (Å²) in [5.41, 5.74) is 0. The summed E-state index contributed by atoms with van der Waals surface area (Å²) >= 11 is 0. The van der Waals surface area contributed by atoms with Crippen LogP contribution in [0.15, 0.2) is 0 Å². The van der Waals surface area contributed by atoms with Gasteiger partial charge in [-0.25, -0.2) is 8.42 Å². The van der Waals surface area contributed by atoms with Crippen LogP contribution in [-0.2, 0) is 14.6 Å². The highest BCUT2D eigenvalue weighted by Crippen LogP contribution is 2.21. The van der Waals surface area contributed by atoms with Crippen LogP contribution < -0.4 is 0 Å². The fraction of sp³-hybridized carbons (Fsp3) is 0.700. The molecule has 1 unspecified atom stereocenters. The quantitative estimate of drug-likeness (QED) is 0.513. The lowest BCUT2D eigenvalue weighted by Crippen LogP contribution is -2.15. The van der Waals surface area contributed by atoms with Gasteiger partial charge in [0.15, 0.2) is 9.84 Å². The van der Waals surface area contributed by atoms with Gasteiger partial charge in [0.05, 0.1) is 11.5 Å². The average molecular weight is 214 g/mol. The van der Waals surface area contributed by atoms with Crippen molar-refractivity contribution in [3.8, 4) is 12.3 Å². The molecule has 0 radical (unpaired) electrons. The molecule has 0 saturated carbocycles. The molecule has 1 heterocycles. The van der Waals surface area contributed by atoms with E-state index in [0.717, 1.165) is 0 Å². The van der Waals surface area contributed by atoms with Crippen LogP contribution in [0, 0.1) is 18.3 Å². The topological polar surface area (TPSA) is 51.2 Å². The number of ketones is 1. The van der Waals surface area contributed by atoms with E-state index >= 15 is 0 Å². The molecule has 1 atom stereocenters. The summed E-state index contributed by atoms with van der Waals surface area (Å²) in [6.07, 6.45) is 7.23. The van der Waals surface area contributed by atoms with Crippen LogP contribution in [0.4, 0.5) is 0 Å². The third-order valence-electron chi connectivity index (χ3n) is 2.43. The van der Waals surface area contributed by atoms with Gasteiger partial charge in [0.2, 0.25) is 0 Å². The molecule has 1 aliphatic heterocycles. The third-order valence-corrected chi connectivity index (χ3v) is 4.20. The molecular weight excluding hydrogens is 200 g/mol. The second kappa shape index (κ2) is 4.61. The van der Waals surface area contributed by atoms with Crippen LogP contribution in [0.5, 0.6) is 0 Å². The Kier molecular flexibility index (Phi) is 3.70. The molecule has 1 aliphatic rings. The van der Waals surface area contributed by atoms with Gasteiger partial charge in [0, 0.05) is 18.8 Å². The molecule has 4 heteroatoms. The highest BCUT2D eigenvalue weighted by molar-refractivity contribution is 7.91. The zero-order valence-electron chi connectivity index (χ0n) is 8.03. The maximum atomic E-state index is 11.5. The Labute approximate surface area is 84.8 Å². The first-order chi connectivity index (χ1) is 6.55. The maximum Gasteiger partial charge on any atom is 0.151 e. The highest BCUT2D eigenvalue weighted by atomic mass is 32.2. The minimum Gasteiger partial charge on any atom is -0.299 e. The van der Waals surface area contributed by atoms with Gasteiger partial charge in [-0.2, -0.15) is 0 Å². The number of rotatable bonds is 4. The second-order valence-electron chi connectivity index (χ2n) is 3.62. The molecule has 14 heavy (non-hydrogen) atoms. The van der Waals surface area contributed by atoms with Crippen molar-refractivity contribution in [2.24, 2.45) is 5.92 Å². The van der Waals surface area contributed by atoms with Crippen molar-refractivity contribution in [2.75, 3.05) is 11.5 Å². The summed E-state index contributed by atoms with van der Waals surface area (Å²) in [6, 6.07) is 0. The molecule has 1 fully saturated rings. The summed E-state index contributed by atoms with van der Waals surface area (Å²) in [4.78, 5) is 11.5. The Bertz CT molecular complexity index is 348. The van der Waals surface area contributed by atoms with Crippen LogP contribution in [0.2, 0.25) is 0 Å². The number of hydrogen-bond donors (Lipinski definition) is 0. The minimum absolute atomic E-state index is 0.0435. The van der Waals surface area contributed by atoms with Gasteiger partial charge in [-0.15, -0.1) is 12.3 Å². The lowest BCUT2D eigenvalue weighted by molar-refractivity contribution is -0.122. The van der Waals surface area contributed by atoms with Gasteiger partial charge >= 0.3 is 0 Å². The lowest BCUT2D eigenvalue weighted by Gasteiger charge is -2.04. The van der Waals surface area contributed by atoms with E-state index in [1.165, 1.54) is 0 Å². The normalized spacial score (nSPS) is 24.4. The molecule has 0 amide bonds. The number of Topliss-reactive ketones (excluding diaryl/α,β-unsaturated/α-hetero) is 1. The number of hydrogen-bond acceptors (Lipinski definition) is 3. The van der Waals surface area contributed by atoms with Crippen LogP contribution in [0.3, 0.4) is 0 Å². The summed E-state index contributed by atoms with van der Waals surface area (Å²) in [5.74, 6) is 2.46. The van der Waals surface area contributed by atoms with Crippen molar-refractivity contribution < 1.29 is 13.2 Å². The highest BCUT2D eigenvalue weighted by Gasteiger charge is 2.32. The van der Waals surface area contributed by atoms with Gasteiger partial charge in [0.1, 0.15) is 5.78 Å². The van der Waals surface area contributed by atoms with Gasteiger partial charge in [-0.05, 0) is 12.8 Å². The lowest BCUT2D eigenvalue weighted by atomic mass is 9.99. The van der Waals surface area contributed by atoms with Gasteiger partial charge in [-0.1, -0.05) is 0 Å². The van der Waals surface area contributed by atoms with E-state index in [2.05, 4.69) is 5.92 Å². The van der Waals surface area contributed by atoms with Crippen molar-refractivity contribution >= 4 is 15.6 Å². The summed E-state index contributed by atoms with van der Waals surface area (Å²) in [7, 11) is -2.93. The van der Waals surface area contributed by atoms with Gasteiger partial charge in [-0.3, -0.25) is 4.79 Å². The van der Waals surface area contributed by atoms with E-state index in [-0.39, 0.29) is 23.2 Å². The molecule has 0 N–H and O–H groups in total. The molecule has 0 bridgehead atoms. The van der Waals surface area contributed by atoms with Gasteiger partial charge < -0.3 is 0 Å². The third kappa shape index (κ3) is 3.15. The van der Waals surface area contributed by atoms with Crippen LogP contribution >= 0.6 is 0 Å². The van der Waals surface area contributed by atoms with E-state index in [9.17, 15) is 13.2 Å². The summed E-state index contributed by atoms with van der Waals surface area (Å²) < 4.78 is 22.2. The molecule has 0 spiro atoms. The SMILES string of the molecule is C#CCCCC(=O)C1CCS(=O)(=O)C1. The van der Waals surface area contributed by atoms with Crippen molar-refractivity contribution in [3.63, 3.8) is 0 Å². The van der Waals surface area contributed by atoms with Crippen LogP contribution in [0.1, 0.15) is 25.7 Å². The predicted molar refractivity (Wildman–Crippen MR) is 54.5 cm³/mol. The number of terminal acetylenes is 1. The monoisotopic (exact) mass is 214 g/mol. The zero-order valence-corrected chi connectivity index (χ0v) is 8.85. The second-order valence-corrected chi connectivity index (χ2v) is 5.85. The number of sulfone groups is 1. The smallest absolute Gasteiger partial charge is 0.151 e. The molecule has 1 saturated heterocycles. The number of carbonyl (C=O) groups excluding carboxylic acids is 1. The van der Waals surface area contributed by atoms with E-state index in [0.29, 0.717) is 25.7 Å². The molecule has 0 aromatic carbocycles. The Balaban J connectivity index is 2.37. The maximum absolute atomic E-state index is 11.5. The van der Waals surface area contributed by atoms with Crippen molar-refractivity contribution in [1.29, 1.82) is 0 Å². The molecule has 78 valence electrons. The number of carbonyl (C=O) groups is 1. The van der Waals surface area contributed by atoms with Crippen molar-refractivity contribution in [1.82, 2.24) is 0 Å². The fourth-order valence-electron chi connectivity index (χ4n) is 1.62. The molecule has 3 nitrogen and oxygen atoms in total. The Morgan fingerprint density at radius 1 is 1.50 bits per heavy atom. The van der Waals surface area contributed by atoms with Crippen LogP contribution in [-0.4, -0.2) is 25.7 Å². The van der Waals surface area contributed by atoms with E-state index in [1.54, 1.807) is 0 Å². The van der Waals surface area contributed by atoms with E-state index < -0.39 is 9.84 Å². The average Bonchev–Trinajstić information content (AvgIpc) is 2.46. The Hall–Kier alpha value is -0.820. The van der Waals surface area contributed by atoms with Crippen LogP contribution in [0.25, 0.3) is 0 Å². The van der Waals surface area contributed by atoms with Gasteiger partial charge in [0.25, 0.3) is 0 Å². The zero-order chi connectivity index (χ0) is 10.6. The van der Waals surface area contributed by atoms with E-state index in [4.69, 9.17) is 6.42 Å². The standard InChI is InChI=1S/C10H14O3S/c1-2-3-4-5-10(11)9-6-7-14(12,13)8-9/h1,9H,3-8H2. The molecular formula is C10H14O3S. The minimum atomic E-state index is -2.93.